The Morgan fingerprint density at radius 2 is 1.90 bits per heavy atom. The third kappa shape index (κ3) is 3.65. The first kappa shape index (κ1) is 21.2. The van der Waals surface area contributed by atoms with Gasteiger partial charge < -0.3 is 0 Å². The second-order valence-corrected chi connectivity index (χ2v) is 9.40. The maximum Gasteiger partial charge on any atom is 0.282 e. The van der Waals surface area contributed by atoms with E-state index in [2.05, 4.69) is 38.7 Å². The van der Waals surface area contributed by atoms with Crippen molar-refractivity contribution in [2.45, 2.75) is 33.1 Å². The van der Waals surface area contributed by atoms with Crippen LogP contribution in [0, 0.1) is 28.8 Å². The van der Waals surface area contributed by atoms with Gasteiger partial charge in [0.25, 0.3) is 5.56 Å². The summed E-state index contributed by atoms with van der Waals surface area (Å²) in [6, 6.07) is 8.72. The zero-order valence-electron chi connectivity index (χ0n) is 17.6. The summed E-state index contributed by atoms with van der Waals surface area (Å²) in [6.45, 7) is 7.86. The fraction of sp³-hybridized carbons (Fsp3) is 0.208. The molecule has 2 aromatic carbocycles. The minimum absolute atomic E-state index is 0.0241. The fourth-order valence-electron chi connectivity index (χ4n) is 3.50. The first-order chi connectivity index (χ1) is 14.6. The molecule has 0 aliphatic heterocycles. The van der Waals surface area contributed by atoms with Gasteiger partial charge in [-0.25, -0.2) is 9.07 Å². The lowest BCUT2D eigenvalue weighted by molar-refractivity contribution is 0.576. The predicted molar refractivity (Wildman–Crippen MR) is 129 cm³/mol. The van der Waals surface area contributed by atoms with E-state index in [-0.39, 0.29) is 10.8 Å². The highest BCUT2D eigenvalue weighted by Gasteiger charge is 2.20. The van der Waals surface area contributed by atoms with E-state index in [0.717, 1.165) is 16.8 Å². The SMILES string of the molecule is C#Cc1cn(-c2cccc(-n3ncc4cc(C(C)(C)C)cc(F)c4c3=O)c2C)nc1I. The third-order valence-electron chi connectivity index (χ3n) is 5.28. The molecule has 156 valence electrons. The van der Waals surface area contributed by atoms with E-state index in [1.54, 1.807) is 23.0 Å². The molecule has 0 N–H and O–H groups in total. The number of nitrogens with zero attached hydrogens (tertiary/aromatic N) is 4. The van der Waals surface area contributed by atoms with Crippen LogP contribution in [0.25, 0.3) is 22.1 Å². The average Bonchev–Trinajstić information content (AvgIpc) is 3.08. The van der Waals surface area contributed by atoms with Crippen molar-refractivity contribution in [3.05, 3.63) is 79.3 Å². The van der Waals surface area contributed by atoms with Crippen molar-refractivity contribution in [2.75, 3.05) is 0 Å². The molecule has 0 saturated heterocycles. The van der Waals surface area contributed by atoms with Gasteiger partial charge in [-0.05, 0) is 64.8 Å². The van der Waals surface area contributed by atoms with Gasteiger partial charge in [0.15, 0.2) is 0 Å². The Hall–Kier alpha value is -2.99. The number of terminal acetylenes is 1. The second-order valence-electron chi connectivity index (χ2n) is 8.38. The van der Waals surface area contributed by atoms with Crippen molar-refractivity contribution in [1.82, 2.24) is 19.6 Å². The Morgan fingerprint density at radius 3 is 2.55 bits per heavy atom. The molecule has 0 aliphatic carbocycles. The van der Waals surface area contributed by atoms with Gasteiger partial charge in [0.1, 0.15) is 9.52 Å². The highest BCUT2D eigenvalue weighted by Crippen LogP contribution is 2.27. The van der Waals surface area contributed by atoms with E-state index in [1.807, 2.05) is 39.8 Å². The topological polar surface area (TPSA) is 52.7 Å². The van der Waals surface area contributed by atoms with Gasteiger partial charge in [-0.2, -0.15) is 14.9 Å². The number of fused-ring (bicyclic) bond motifs is 1. The quantitative estimate of drug-likeness (QED) is 0.276. The molecule has 0 saturated carbocycles. The number of hydrogen-bond acceptors (Lipinski definition) is 3. The standard InChI is InChI=1S/C24H20FIN4O/c1-6-15-13-29(28-22(15)26)19-8-7-9-20(14(19)2)30-23(31)21-16(12-27-30)10-17(11-18(21)25)24(3,4)5/h1,7-13H,2-5H3. The van der Waals surface area contributed by atoms with Gasteiger partial charge in [-0.15, -0.1) is 6.42 Å². The molecule has 0 atom stereocenters. The highest BCUT2D eigenvalue weighted by molar-refractivity contribution is 14.1. The first-order valence-electron chi connectivity index (χ1n) is 9.66. The fourth-order valence-corrected chi connectivity index (χ4v) is 4.03. The van der Waals surface area contributed by atoms with Crippen LogP contribution in [-0.4, -0.2) is 19.6 Å². The number of benzene rings is 2. The van der Waals surface area contributed by atoms with Gasteiger partial charge in [0, 0.05) is 17.1 Å². The van der Waals surface area contributed by atoms with Crippen LogP contribution >= 0.6 is 22.6 Å². The van der Waals surface area contributed by atoms with Crippen molar-refractivity contribution in [1.29, 1.82) is 0 Å². The van der Waals surface area contributed by atoms with Crippen molar-refractivity contribution in [3.63, 3.8) is 0 Å². The zero-order valence-corrected chi connectivity index (χ0v) is 19.7. The van der Waals surface area contributed by atoms with E-state index >= 15 is 0 Å². The average molecular weight is 526 g/mol. The Bertz CT molecular complexity index is 1440. The molecule has 5 nitrogen and oxygen atoms in total. The monoisotopic (exact) mass is 526 g/mol. The van der Waals surface area contributed by atoms with Gasteiger partial charge >= 0.3 is 0 Å². The van der Waals surface area contributed by atoms with Gasteiger partial charge in [0.2, 0.25) is 0 Å². The van der Waals surface area contributed by atoms with Gasteiger partial charge in [0.05, 0.1) is 28.5 Å². The molecule has 0 amide bonds. The lowest BCUT2D eigenvalue weighted by Gasteiger charge is -2.20. The molecule has 0 unspecified atom stereocenters. The van der Waals surface area contributed by atoms with E-state index in [0.29, 0.717) is 20.3 Å². The molecule has 2 heterocycles. The van der Waals surface area contributed by atoms with Crippen molar-refractivity contribution < 1.29 is 4.39 Å². The number of halogens is 2. The van der Waals surface area contributed by atoms with Crippen molar-refractivity contribution in [2.24, 2.45) is 0 Å². The summed E-state index contributed by atoms with van der Waals surface area (Å²) >= 11 is 2.08. The predicted octanol–water partition coefficient (Wildman–Crippen LogP) is 4.90. The third-order valence-corrected chi connectivity index (χ3v) is 6.08. The molecular weight excluding hydrogens is 506 g/mol. The Kier molecular flexibility index (Phi) is 5.21. The molecule has 4 rings (SSSR count). The van der Waals surface area contributed by atoms with Gasteiger partial charge in [-0.1, -0.05) is 32.8 Å². The minimum Gasteiger partial charge on any atom is -0.267 e. The van der Waals surface area contributed by atoms with Crippen LogP contribution in [0.2, 0.25) is 0 Å². The molecule has 31 heavy (non-hydrogen) atoms. The van der Waals surface area contributed by atoms with Crippen molar-refractivity contribution >= 4 is 33.4 Å². The second kappa shape index (κ2) is 7.61. The van der Waals surface area contributed by atoms with E-state index in [9.17, 15) is 9.18 Å². The first-order valence-corrected chi connectivity index (χ1v) is 10.7. The number of aromatic nitrogens is 4. The smallest absolute Gasteiger partial charge is 0.267 e. The molecule has 0 radical (unpaired) electrons. The molecule has 2 aromatic heterocycles. The minimum atomic E-state index is -0.544. The van der Waals surface area contributed by atoms with Crippen LogP contribution in [0.3, 0.4) is 0 Å². The normalized spacial score (nSPS) is 11.6. The number of rotatable bonds is 2. The summed E-state index contributed by atoms with van der Waals surface area (Å²) in [7, 11) is 0. The summed E-state index contributed by atoms with van der Waals surface area (Å²) in [5.74, 6) is 2.06. The van der Waals surface area contributed by atoms with Crippen LogP contribution in [0.15, 0.2) is 47.5 Å². The summed E-state index contributed by atoms with van der Waals surface area (Å²) in [5, 5.41) is 9.32. The van der Waals surface area contributed by atoms with Crippen LogP contribution < -0.4 is 5.56 Å². The number of hydrogen-bond donors (Lipinski definition) is 0. The molecule has 0 fully saturated rings. The largest absolute Gasteiger partial charge is 0.282 e. The van der Waals surface area contributed by atoms with Crippen LogP contribution in [0.4, 0.5) is 4.39 Å². The van der Waals surface area contributed by atoms with Crippen LogP contribution in [0.1, 0.15) is 37.5 Å². The zero-order chi connectivity index (χ0) is 22.5. The highest BCUT2D eigenvalue weighted by atomic mass is 127. The summed E-state index contributed by atoms with van der Waals surface area (Å²) in [4.78, 5) is 13.2. The molecule has 0 aliphatic rings. The molecular formula is C24H20FIN4O. The maximum atomic E-state index is 15.0. The van der Waals surface area contributed by atoms with Gasteiger partial charge in [-0.3, -0.25) is 4.79 Å². The Labute approximate surface area is 193 Å². The molecule has 0 spiro atoms. The van der Waals surface area contributed by atoms with Crippen LogP contribution in [0.5, 0.6) is 0 Å². The lowest BCUT2D eigenvalue weighted by atomic mass is 9.86. The Balaban J connectivity index is 1.92. The summed E-state index contributed by atoms with van der Waals surface area (Å²) in [6.07, 6.45) is 8.82. The molecule has 7 heteroatoms. The summed E-state index contributed by atoms with van der Waals surface area (Å²) < 4.78 is 18.6. The van der Waals surface area contributed by atoms with E-state index in [1.165, 1.54) is 16.9 Å². The van der Waals surface area contributed by atoms with Crippen LogP contribution in [-0.2, 0) is 5.41 Å². The maximum absolute atomic E-state index is 15.0. The molecule has 0 bridgehead atoms. The lowest BCUT2D eigenvalue weighted by Crippen LogP contribution is -2.23. The summed E-state index contributed by atoms with van der Waals surface area (Å²) in [5.41, 5.74) is 2.83. The molecule has 4 aromatic rings. The van der Waals surface area contributed by atoms with E-state index in [4.69, 9.17) is 6.42 Å². The Morgan fingerprint density at radius 1 is 1.19 bits per heavy atom. The van der Waals surface area contributed by atoms with Crippen molar-refractivity contribution in [3.8, 4) is 23.7 Å². The van der Waals surface area contributed by atoms with E-state index < -0.39 is 11.4 Å².